The van der Waals surface area contributed by atoms with Crippen LogP contribution in [0.25, 0.3) is 0 Å². The molecule has 0 aromatic heterocycles. The van der Waals surface area contributed by atoms with E-state index in [1.807, 2.05) is 0 Å². The van der Waals surface area contributed by atoms with Gasteiger partial charge in [0.1, 0.15) is 0 Å². The number of carbonyl (C=O) groups is 1. The fraction of sp³-hybridized carbons (Fsp3) is 0.917. The maximum Gasteiger partial charge on any atom is 0.223 e. The number of nitrogens with one attached hydrogen (secondary N) is 2. The van der Waals surface area contributed by atoms with Gasteiger partial charge in [0.15, 0.2) is 0 Å². The maximum absolute atomic E-state index is 12.0. The Labute approximate surface area is 91.0 Å². The number of carbonyl (C=O) groups excluding carboxylic acids is 1. The minimum Gasteiger partial charge on any atom is -0.353 e. The number of fused-ring (bicyclic) bond motifs is 1. The predicted molar refractivity (Wildman–Crippen MR) is 58.4 cm³/mol. The van der Waals surface area contributed by atoms with Gasteiger partial charge < -0.3 is 10.6 Å². The number of hydrogen-bond acceptors (Lipinski definition) is 2. The second kappa shape index (κ2) is 3.78. The summed E-state index contributed by atoms with van der Waals surface area (Å²) in [5.74, 6) is 2.27. The lowest BCUT2D eigenvalue weighted by Gasteiger charge is -2.24. The third kappa shape index (κ3) is 1.78. The lowest BCUT2D eigenvalue weighted by Crippen LogP contribution is -2.43. The van der Waals surface area contributed by atoms with Crippen molar-refractivity contribution < 1.29 is 4.79 Å². The summed E-state index contributed by atoms with van der Waals surface area (Å²) in [6, 6.07) is 0.445. The van der Waals surface area contributed by atoms with Gasteiger partial charge in [-0.2, -0.15) is 0 Å². The van der Waals surface area contributed by atoms with E-state index in [0.717, 1.165) is 37.8 Å². The molecule has 15 heavy (non-hydrogen) atoms. The van der Waals surface area contributed by atoms with E-state index in [1.165, 1.54) is 19.3 Å². The van der Waals surface area contributed by atoms with Crippen LogP contribution in [0.4, 0.5) is 0 Å². The minimum atomic E-state index is 0.358. The molecule has 0 aromatic carbocycles. The van der Waals surface area contributed by atoms with Crippen LogP contribution in [-0.2, 0) is 4.79 Å². The maximum atomic E-state index is 12.0. The Morgan fingerprint density at radius 1 is 1.07 bits per heavy atom. The second-order valence-electron chi connectivity index (χ2n) is 5.32. The summed E-state index contributed by atoms with van der Waals surface area (Å²) in [7, 11) is 0. The lowest BCUT2D eigenvalue weighted by molar-refractivity contribution is -0.123. The number of rotatable bonds is 2. The fourth-order valence-electron chi connectivity index (χ4n) is 3.47. The number of amides is 1. The molecule has 3 rings (SSSR count). The van der Waals surface area contributed by atoms with Crippen LogP contribution in [0, 0.1) is 17.8 Å². The first-order valence-electron chi connectivity index (χ1n) is 6.37. The summed E-state index contributed by atoms with van der Waals surface area (Å²) >= 11 is 0. The van der Waals surface area contributed by atoms with Gasteiger partial charge in [0.25, 0.3) is 0 Å². The molecule has 3 fully saturated rings. The van der Waals surface area contributed by atoms with E-state index in [1.54, 1.807) is 0 Å². The van der Waals surface area contributed by atoms with Crippen LogP contribution in [0.3, 0.4) is 0 Å². The van der Waals surface area contributed by atoms with Crippen LogP contribution in [0.15, 0.2) is 0 Å². The van der Waals surface area contributed by atoms with E-state index >= 15 is 0 Å². The van der Waals surface area contributed by atoms with Crippen molar-refractivity contribution in [2.75, 3.05) is 13.1 Å². The average molecular weight is 208 g/mol. The summed E-state index contributed by atoms with van der Waals surface area (Å²) in [6.07, 6.45) is 6.16. The normalized spacial score (nSPS) is 39.9. The van der Waals surface area contributed by atoms with Crippen LogP contribution in [0.2, 0.25) is 0 Å². The molecule has 0 radical (unpaired) electrons. The van der Waals surface area contributed by atoms with Gasteiger partial charge in [-0.1, -0.05) is 6.42 Å². The van der Waals surface area contributed by atoms with Gasteiger partial charge in [-0.15, -0.1) is 0 Å². The highest BCUT2D eigenvalue weighted by Gasteiger charge is 2.56. The van der Waals surface area contributed by atoms with E-state index in [4.69, 9.17) is 0 Å². The predicted octanol–water partition coefficient (Wildman–Crippen LogP) is 0.901. The first-order valence-corrected chi connectivity index (χ1v) is 6.37. The quantitative estimate of drug-likeness (QED) is 0.708. The van der Waals surface area contributed by atoms with E-state index in [0.29, 0.717) is 17.9 Å². The first-order chi connectivity index (χ1) is 7.36. The Bertz CT molecular complexity index is 250. The first kappa shape index (κ1) is 9.64. The zero-order valence-electron chi connectivity index (χ0n) is 9.17. The standard InChI is InChI=1S/C12H20N2O/c15-12(11-9-2-1-3-10(9)11)14-8-4-6-13-7-5-8/h8-11,13H,1-7H2,(H,14,15). The summed E-state index contributed by atoms with van der Waals surface area (Å²) in [5, 5.41) is 6.55. The second-order valence-corrected chi connectivity index (χ2v) is 5.32. The number of hydrogen-bond donors (Lipinski definition) is 2. The van der Waals surface area contributed by atoms with Gasteiger partial charge in [0, 0.05) is 12.0 Å². The van der Waals surface area contributed by atoms with E-state index in [9.17, 15) is 4.79 Å². The van der Waals surface area contributed by atoms with Gasteiger partial charge in [-0.05, 0) is 50.6 Å². The van der Waals surface area contributed by atoms with Crippen molar-refractivity contribution in [2.45, 2.75) is 38.1 Å². The van der Waals surface area contributed by atoms with Crippen LogP contribution in [0.5, 0.6) is 0 Å². The molecular weight excluding hydrogens is 188 g/mol. The smallest absolute Gasteiger partial charge is 0.223 e. The Balaban J connectivity index is 1.49. The zero-order chi connectivity index (χ0) is 10.3. The molecule has 0 bridgehead atoms. The van der Waals surface area contributed by atoms with Crippen molar-refractivity contribution in [3.63, 3.8) is 0 Å². The molecule has 2 saturated carbocycles. The summed E-state index contributed by atoms with van der Waals surface area (Å²) < 4.78 is 0. The van der Waals surface area contributed by atoms with Gasteiger partial charge in [0.2, 0.25) is 5.91 Å². The van der Waals surface area contributed by atoms with E-state index in [-0.39, 0.29) is 0 Å². The molecule has 1 heterocycles. The highest BCUT2D eigenvalue weighted by molar-refractivity contribution is 5.82. The van der Waals surface area contributed by atoms with Crippen molar-refractivity contribution in [3.05, 3.63) is 0 Å². The largest absolute Gasteiger partial charge is 0.353 e. The molecule has 2 N–H and O–H groups in total. The third-order valence-electron chi connectivity index (χ3n) is 4.39. The Hall–Kier alpha value is -0.570. The fourth-order valence-corrected chi connectivity index (χ4v) is 3.47. The van der Waals surface area contributed by atoms with E-state index in [2.05, 4.69) is 10.6 Å². The highest BCUT2D eigenvalue weighted by Crippen LogP contribution is 2.57. The van der Waals surface area contributed by atoms with Crippen molar-refractivity contribution in [3.8, 4) is 0 Å². The highest BCUT2D eigenvalue weighted by atomic mass is 16.2. The minimum absolute atomic E-state index is 0.358. The average Bonchev–Trinajstić information content (AvgIpc) is 2.75. The van der Waals surface area contributed by atoms with Crippen LogP contribution < -0.4 is 10.6 Å². The monoisotopic (exact) mass is 208 g/mol. The molecule has 84 valence electrons. The van der Waals surface area contributed by atoms with Crippen molar-refractivity contribution >= 4 is 5.91 Å². The van der Waals surface area contributed by atoms with Gasteiger partial charge >= 0.3 is 0 Å². The van der Waals surface area contributed by atoms with E-state index < -0.39 is 0 Å². The summed E-state index contributed by atoms with van der Waals surface area (Å²) in [4.78, 5) is 12.0. The summed E-state index contributed by atoms with van der Waals surface area (Å²) in [5.41, 5.74) is 0. The molecule has 1 saturated heterocycles. The molecule has 0 aromatic rings. The topological polar surface area (TPSA) is 41.1 Å². The number of piperidine rings is 1. The van der Waals surface area contributed by atoms with Crippen LogP contribution in [0.1, 0.15) is 32.1 Å². The molecule has 3 nitrogen and oxygen atoms in total. The van der Waals surface area contributed by atoms with Gasteiger partial charge in [0.05, 0.1) is 0 Å². The molecule has 3 heteroatoms. The molecule has 1 amide bonds. The molecule has 2 unspecified atom stereocenters. The lowest BCUT2D eigenvalue weighted by atomic mass is 10.1. The molecule has 2 atom stereocenters. The zero-order valence-corrected chi connectivity index (χ0v) is 9.17. The van der Waals surface area contributed by atoms with Gasteiger partial charge in [-0.25, -0.2) is 0 Å². The van der Waals surface area contributed by atoms with Crippen molar-refractivity contribution in [1.29, 1.82) is 0 Å². The Kier molecular flexibility index (Phi) is 2.43. The molecule has 1 aliphatic heterocycles. The van der Waals surface area contributed by atoms with Crippen molar-refractivity contribution in [2.24, 2.45) is 17.8 Å². The van der Waals surface area contributed by atoms with Gasteiger partial charge in [-0.3, -0.25) is 4.79 Å². The Morgan fingerprint density at radius 2 is 1.73 bits per heavy atom. The molecule has 2 aliphatic carbocycles. The van der Waals surface area contributed by atoms with Crippen LogP contribution in [-0.4, -0.2) is 25.0 Å². The Morgan fingerprint density at radius 3 is 2.40 bits per heavy atom. The molecular formula is C12H20N2O. The van der Waals surface area contributed by atoms with Crippen LogP contribution >= 0.6 is 0 Å². The third-order valence-corrected chi connectivity index (χ3v) is 4.39. The van der Waals surface area contributed by atoms with Crippen molar-refractivity contribution in [1.82, 2.24) is 10.6 Å². The SMILES string of the molecule is O=C(NC1CCNCC1)C1C2CCCC21. The summed E-state index contributed by atoms with van der Waals surface area (Å²) in [6.45, 7) is 2.12. The molecule has 0 spiro atoms. The molecule has 3 aliphatic rings.